The van der Waals surface area contributed by atoms with Gasteiger partial charge in [0.25, 0.3) is 5.56 Å². The van der Waals surface area contributed by atoms with Crippen molar-refractivity contribution in [3.8, 4) is 5.75 Å². The van der Waals surface area contributed by atoms with Crippen LogP contribution in [0.1, 0.15) is 34.6 Å². The van der Waals surface area contributed by atoms with Crippen molar-refractivity contribution in [1.29, 1.82) is 0 Å². The third-order valence-corrected chi connectivity index (χ3v) is 6.54. The lowest BCUT2D eigenvalue weighted by molar-refractivity contribution is -0.116. The Morgan fingerprint density at radius 3 is 2.80 bits per heavy atom. The Morgan fingerprint density at radius 1 is 1.23 bits per heavy atom. The first-order valence-corrected chi connectivity index (χ1v) is 11.2. The number of methoxy groups -OCH3 is 1. The average molecular weight is 486 g/mol. The molecule has 154 valence electrons. The molecule has 0 spiro atoms. The molecule has 1 amide bonds. The molecule has 2 N–H and O–H groups in total. The molecule has 8 heteroatoms. The molecule has 1 aromatic heterocycles. The summed E-state index contributed by atoms with van der Waals surface area (Å²) in [5.74, 6) is 0.997. The summed E-state index contributed by atoms with van der Waals surface area (Å²) >= 11 is 4.90. The van der Waals surface area contributed by atoms with Gasteiger partial charge in [-0.15, -0.1) is 0 Å². The van der Waals surface area contributed by atoms with E-state index >= 15 is 0 Å². The Kier molecular flexibility index (Phi) is 5.97. The molecule has 0 aliphatic carbocycles. The summed E-state index contributed by atoms with van der Waals surface area (Å²) in [4.78, 5) is 32.9. The summed E-state index contributed by atoms with van der Waals surface area (Å²) in [6, 6.07) is 13.6. The first kappa shape index (κ1) is 20.7. The lowest BCUT2D eigenvalue weighted by Crippen LogP contribution is -2.31. The minimum absolute atomic E-state index is 0.153. The summed E-state index contributed by atoms with van der Waals surface area (Å²) in [5.41, 5.74) is 3.32. The number of hydrogen-bond donors (Lipinski definition) is 2. The second-order valence-electron chi connectivity index (χ2n) is 7.04. The van der Waals surface area contributed by atoms with Crippen molar-refractivity contribution in [2.45, 2.75) is 30.2 Å². The largest absolute Gasteiger partial charge is 0.496 e. The SMILES string of the molecule is COc1ccc(Br)cc1[C@@H]1CC(=O)Nc2nc(SCc3ccccc3C)[nH]c(=O)c21. The molecule has 0 saturated heterocycles. The molecular formula is C22H20BrN3O3S. The van der Waals surface area contributed by atoms with Gasteiger partial charge in [-0.25, -0.2) is 4.98 Å². The molecule has 0 unspecified atom stereocenters. The van der Waals surface area contributed by atoms with E-state index in [0.29, 0.717) is 28.0 Å². The first-order valence-electron chi connectivity index (χ1n) is 9.41. The number of hydrogen-bond acceptors (Lipinski definition) is 5. The summed E-state index contributed by atoms with van der Waals surface area (Å²) in [6.07, 6.45) is 0.153. The molecule has 0 saturated carbocycles. The summed E-state index contributed by atoms with van der Waals surface area (Å²) in [7, 11) is 1.57. The molecule has 3 aromatic rings. The summed E-state index contributed by atoms with van der Waals surface area (Å²) in [6.45, 7) is 2.05. The van der Waals surface area contributed by atoms with Crippen LogP contribution >= 0.6 is 27.7 Å². The second-order valence-corrected chi connectivity index (χ2v) is 8.92. The van der Waals surface area contributed by atoms with Crippen molar-refractivity contribution in [3.05, 3.63) is 79.5 Å². The highest BCUT2D eigenvalue weighted by Gasteiger charge is 2.32. The minimum Gasteiger partial charge on any atom is -0.496 e. The highest BCUT2D eigenvalue weighted by molar-refractivity contribution is 9.10. The van der Waals surface area contributed by atoms with Crippen LogP contribution < -0.4 is 15.6 Å². The molecule has 1 atom stereocenters. The number of benzene rings is 2. The number of anilines is 1. The van der Waals surface area contributed by atoms with Gasteiger partial charge < -0.3 is 15.0 Å². The molecule has 4 rings (SSSR count). The van der Waals surface area contributed by atoms with Crippen LogP contribution in [0.25, 0.3) is 0 Å². The fraction of sp³-hybridized carbons (Fsp3) is 0.227. The Bertz CT molecular complexity index is 1180. The first-order chi connectivity index (χ1) is 14.5. The van der Waals surface area contributed by atoms with Crippen LogP contribution in [0.4, 0.5) is 5.82 Å². The second kappa shape index (κ2) is 8.65. The summed E-state index contributed by atoms with van der Waals surface area (Å²) < 4.78 is 6.32. The number of nitrogens with one attached hydrogen (secondary N) is 2. The summed E-state index contributed by atoms with van der Waals surface area (Å²) in [5, 5.41) is 3.24. The van der Waals surface area contributed by atoms with Gasteiger partial charge in [-0.2, -0.15) is 0 Å². The van der Waals surface area contributed by atoms with E-state index in [1.165, 1.54) is 22.9 Å². The minimum atomic E-state index is -0.437. The number of amides is 1. The van der Waals surface area contributed by atoms with Crippen molar-refractivity contribution in [2.24, 2.45) is 0 Å². The zero-order valence-corrected chi connectivity index (χ0v) is 18.9. The van der Waals surface area contributed by atoms with Crippen molar-refractivity contribution < 1.29 is 9.53 Å². The van der Waals surface area contributed by atoms with Crippen molar-refractivity contribution in [2.75, 3.05) is 12.4 Å². The standard InChI is InChI=1S/C22H20BrN3O3S/c1-12-5-3-4-6-13(12)11-30-22-25-20-19(21(28)26-22)16(10-18(27)24-20)15-9-14(23)7-8-17(15)29-2/h3-9,16H,10-11H2,1-2H3,(H2,24,25,26,27,28)/t16-/m0/s1. The van der Waals surface area contributed by atoms with Gasteiger partial charge in [0.05, 0.1) is 12.7 Å². The van der Waals surface area contributed by atoms with Crippen molar-refractivity contribution in [1.82, 2.24) is 9.97 Å². The normalized spacial score (nSPS) is 15.4. The van der Waals surface area contributed by atoms with E-state index in [1.54, 1.807) is 7.11 Å². The molecule has 2 heterocycles. The van der Waals surface area contributed by atoms with Gasteiger partial charge in [-0.05, 0) is 36.2 Å². The zero-order valence-electron chi connectivity index (χ0n) is 16.5. The number of carbonyl (C=O) groups excluding carboxylic acids is 1. The maximum Gasteiger partial charge on any atom is 0.257 e. The van der Waals surface area contributed by atoms with E-state index in [2.05, 4.69) is 50.3 Å². The Morgan fingerprint density at radius 2 is 2.03 bits per heavy atom. The fourth-order valence-electron chi connectivity index (χ4n) is 3.58. The van der Waals surface area contributed by atoms with Gasteiger partial charge in [-0.3, -0.25) is 9.59 Å². The van der Waals surface area contributed by atoms with Crippen molar-refractivity contribution >= 4 is 39.4 Å². The van der Waals surface area contributed by atoms with Crippen LogP contribution in [0, 0.1) is 6.92 Å². The fourth-order valence-corrected chi connectivity index (χ4v) is 4.90. The van der Waals surface area contributed by atoms with E-state index in [1.807, 2.05) is 30.3 Å². The molecule has 2 aromatic carbocycles. The number of thioether (sulfide) groups is 1. The maximum atomic E-state index is 13.0. The van der Waals surface area contributed by atoms with Gasteiger partial charge >= 0.3 is 0 Å². The lowest BCUT2D eigenvalue weighted by Gasteiger charge is -2.26. The van der Waals surface area contributed by atoms with Gasteiger partial charge in [-0.1, -0.05) is 52.0 Å². The van der Waals surface area contributed by atoms with E-state index in [9.17, 15) is 9.59 Å². The molecule has 0 radical (unpaired) electrons. The maximum absolute atomic E-state index is 13.0. The van der Waals surface area contributed by atoms with E-state index in [0.717, 1.165) is 10.0 Å². The lowest BCUT2D eigenvalue weighted by atomic mass is 9.86. The predicted octanol–water partition coefficient (Wildman–Crippen LogP) is 4.62. The monoisotopic (exact) mass is 485 g/mol. The predicted molar refractivity (Wildman–Crippen MR) is 121 cm³/mol. The van der Waals surface area contributed by atoms with Crippen LogP contribution in [0.15, 0.2) is 56.9 Å². The third kappa shape index (κ3) is 4.15. The highest BCUT2D eigenvalue weighted by atomic mass is 79.9. The zero-order chi connectivity index (χ0) is 21.3. The molecule has 1 aliphatic rings. The number of carbonyl (C=O) groups is 1. The van der Waals surface area contributed by atoms with Gasteiger partial charge in [0.15, 0.2) is 5.16 Å². The molecule has 1 aliphatic heterocycles. The number of ether oxygens (including phenoxy) is 1. The smallest absolute Gasteiger partial charge is 0.257 e. The number of nitrogens with zero attached hydrogens (tertiary/aromatic N) is 1. The number of aromatic nitrogens is 2. The highest BCUT2D eigenvalue weighted by Crippen LogP contribution is 2.39. The Hall–Kier alpha value is -2.58. The van der Waals surface area contributed by atoms with Gasteiger partial charge in [0.1, 0.15) is 11.6 Å². The molecule has 6 nitrogen and oxygen atoms in total. The molecular weight excluding hydrogens is 466 g/mol. The Labute approximate surface area is 186 Å². The van der Waals surface area contributed by atoms with E-state index in [-0.39, 0.29) is 17.9 Å². The van der Waals surface area contributed by atoms with Crippen LogP contribution in [0.3, 0.4) is 0 Å². The quantitative estimate of drug-likeness (QED) is 0.406. The molecule has 0 fully saturated rings. The van der Waals surface area contributed by atoms with E-state index < -0.39 is 5.92 Å². The Balaban J connectivity index is 1.71. The van der Waals surface area contributed by atoms with Crippen LogP contribution in [-0.4, -0.2) is 23.0 Å². The number of halogens is 1. The van der Waals surface area contributed by atoms with Gasteiger partial charge in [0.2, 0.25) is 5.91 Å². The van der Waals surface area contributed by atoms with Crippen molar-refractivity contribution in [3.63, 3.8) is 0 Å². The average Bonchev–Trinajstić information content (AvgIpc) is 2.72. The molecule has 30 heavy (non-hydrogen) atoms. The topological polar surface area (TPSA) is 84.1 Å². The van der Waals surface area contributed by atoms with E-state index in [4.69, 9.17) is 4.74 Å². The van der Waals surface area contributed by atoms with Crippen LogP contribution in [0.2, 0.25) is 0 Å². The number of H-pyrrole nitrogens is 1. The van der Waals surface area contributed by atoms with Crippen LogP contribution in [-0.2, 0) is 10.5 Å². The number of aryl methyl sites for hydroxylation is 1. The number of rotatable bonds is 5. The third-order valence-electron chi connectivity index (χ3n) is 5.12. The van der Waals surface area contributed by atoms with Crippen LogP contribution in [0.5, 0.6) is 5.75 Å². The van der Waals surface area contributed by atoms with Gasteiger partial charge in [0, 0.05) is 28.1 Å². The number of aromatic amines is 1. The number of fused-ring (bicyclic) bond motifs is 1. The molecule has 0 bridgehead atoms.